The monoisotopic (exact) mass is 327 g/mol. The Hall–Kier alpha value is -2.69. The maximum Gasteiger partial charge on any atom is 0.257 e. The summed E-state index contributed by atoms with van der Waals surface area (Å²) in [5.74, 6) is 2.18. The van der Waals surface area contributed by atoms with Gasteiger partial charge >= 0.3 is 0 Å². The van der Waals surface area contributed by atoms with Gasteiger partial charge in [0.15, 0.2) is 18.1 Å². The number of carbonyl (C=O) groups excluding carboxylic acids is 1. The molecule has 0 atom stereocenters. The summed E-state index contributed by atoms with van der Waals surface area (Å²) in [4.78, 5) is 11.8. The summed E-state index contributed by atoms with van der Waals surface area (Å²) in [5, 5.41) is 2.87. The van der Waals surface area contributed by atoms with Gasteiger partial charge in [-0.2, -0.15) is 0 Å². The lowest BCUT2D eigenvalue weighted by molar-refractivity contribution is -0.123. The van der Waals surface area contributed by atoms with Gasteiger partial charge in [0.1, 0.15) is 5.75 Å². The molecule has 1 aliphatic rings. The van der Waals surface area contributed by atoms with Crippen LogP contribution in [0.2, 0.25) is 0 Å². The Balaban J connectivity index is 1.34. The Labute approximate surface area is 141 Å². The second-order valence-corrected chi connectivity index (χ2v) is 5.74. The second kappa shape index (κ2) is 7.73. The van der Waals surface area contributed by atoms with E-state index in [0.29, 0.717) is 12.3 Å². The first-order chi connectivity index (χ1) is 11.7. The molecular formula is C19H21NO4. The summed E-state index contributed by atoms with van der Waals surface area (Å²) in [6.45, 7) is 2.95. The van der Waals surface area contributed by atoms with E-state index in [9.17, 15) is 4.79 Å². The van der Waals surface area contributed by atoms with Crippen LogP contribution < -0.4 is 19.5 Å². The standard InChI is InChI=1S/C19H21NO4/c1-14-4-7-16(8-5-14)22-12-19(21)20-10-2-3-15-6-9-17-18(11-15)24-13-23-17/h4-9,11H,2-3,10,12-13H2,1H3,(H,20,21). The van der Waals surface area contributed by atoms with Crippen LogP contribution in [-0.2, 0) is 11.2 Å². The van der Waals surface area contributed by atoms with Crippen molar-refractivity contribution in [2.75, 3.05) is 19.9 Å². The third-order valence-electron chi connectivity index (χ3n) is 3.79. The molecule has 0 unspecified atom stereocenters. The van der Waals surface area contributed by atoms with Gasteiger partial charge in [0.25, 0.3) is 5.91 Å². The van der Waals surface area contributed by atoms with Gasteiger partial charge < -0.3 is 19.5 Å². The molecule has 0 bridgehead atoms. The minimum Gasteiger partial charge on any atom is -0.484 e. The predicted octanol–water partition coefficient (Wildman–Crippen LogP) is 2.85. The number of hydrogen-bond acceptors (Lipinski definition) is 4. The number of ether oxygens (including phenoxy) is 3. The van der Waals surface area contributed by atoms with Crippen molar-refractivity contribution in [2.45, 2.75) is 19.8 Å². The van der Waals surface area contributed by atoms with Crippen LogP contribution >= 0.6 is 0 Å². The van der Waals surface area contributed by atoms with Crippen LogP contribution in [0, 0.1) is 6.92 Å². The summed E-state index contributed by atoms with van der Waals surface area (Å²) in [6.07, 6.45) is 1.73. The van der Waals surface area contributed by atoms with Crippen LogP contribution in [0.3, 0.4) is 0 Å². The van der Waals surface area contributed by atoms with Gasteiger partial charge in [-0.3, -0.25) is 4.79 Å². The number of fused-ring (bicyclic) bond motifs is 1. The molecule has 0 aromatic heterocycles. The highest BCUT2D eigenvalue weighted by atomic mass is 16.7. The summed E-state index contributed by atoms with van der Waals surface area (Å²) in [7, 11) is 0. The average molecular weight is 327 g/mol. The van der Waals surface area contributed by atoms with Crippen molar-refractivity contribution in [2.24, 2.45) is 0 Å². The summed E-state index contributed by atoms with van der Waals surface area (Å²) < 4.78 is 16.1. The van der Waals surface area contributed by atoms with Gasteiger partial charge in [0.2, 0.25) is 6.79 Å². The van der Waals surface area contributed by atoms with Crippen LogP contribution in [0.15, 0.2) is 42.5 Å². The van der Waals surface area contributed by atoms with Crippen molar-refractivity contribution in [3.05, 3.63) is 53.6 Å². The SMILES string of the molecule is Cc1ccc(OCC(=O)NCCCc2ccc3c(c2)OCO3)cc1. The lowest BCUT2D eigenvalue weighted by atomic mass is 10.1. The molecule has 0 saturated carbocycles. The molecule has 5 nitrogen and oxygen atoms in total. The maximum atomic E-state index is 11.8. The lowest BCUT2D eigenvalue weighted by Gasteiger charge is -2.08. The summed E-state index contributed by atoms with van der Waals surface area (Å²) >= 11 is 0. The molecule has 5 heteroatoms. The van der Waals surface area contributed by atoms with Crippen molar-refractivity contribution < 1.29 is 19.0 Å². The molecular weight excluding hydrogens is 306 g/mol. The average Bonchev–Trinajstić information content (AvgIpc) is 3.06. The van der Waals surface area contributed by atoms with E-state index in [0.717, 1.165) is 29.9 Å². The largest absolute Gasteiger partial charge is 0.484 e. The van der Waals surface area contributed by atoms with Gasteiger partial charge in [-0.15, -0.1) is 0 Å². The van der Waals surface area contributed by atoms with E-state index in [4.69, 9.17) is 14.2 Å². The number of aryl methyl sites for hydroxylation is 2. The van der Waals surface area contributed by atoms with Crippen molar-refractivity contribution in [3.63, 3.8) is 0 Å². The van der Waals surface area contributed by atoms with Gasteiger partial charge in [-0.25, -0.2) is 0 Å². The molecule has 1 N–H and O–H groups in total. The second-order valence-electron chi connectivity index (χ2n) is 5.74. The van der Waals surface area contributed by atoms with Crippen molar-refractivity contribution in [1.29, 1.82) is 0 Å². The quantitative estimate of drug-likeness (QED) is 0.795. The fraction of sp³-hybridized carbons (Fsp3) is 0.316. The van der Waals surface area contributed by atoms with Crippen molar-refractivity contribution in [1.82, 2.24) is 5.32 Å². The number of benzene rings is 2. The molecule has 0 aliphatic carbocycles. The highest BCUT2D eigenvalue weighted by Crippen LogP contribution is 2.32. The first kappa shape index (κ1) is 16.2. The molecule has 0 saturated heterocycles. The molecule has 1 aliphatic heterocycles. The van der Waals surface area contributed by atoms with Crippen LogP contribution in [-0.4, -0.2) is 25.9 Å². The van der Waals surface area contributed by atoms with E-state index in [1.807, 2.05) is 49.4 Å². The molecule has 1 amide bonds. The zero-order valence-corrected chi connectivity index (χ0v) is 13.7. The summed E-state index contributed by atoms with van der Waals surface area (Å²) in [5.41, 5.74) is 2.33. The normalized spacial score (nSPS) is 12.0. The maximum absolute atomic E-state index is 11.8. The van der Waals surface area contributed by atoms with E-state index < -0.39 is 0 Å². The minimum absolute atomic E-state index is 0.0348. The number of nitrogens with one attached hydrogen (secondary N) is 1. The first-order valence-corrected chi connectivity index (χ1v) is 8.05. The first-order valence-electron chi connectivity index (χ1n) is 8.05. The number of rotatable bonds is 7. The smallest absolute Gasteiger partial charge is 0.257 e. The number of amides is 1. The molecule has 1 heterocycles. The van der Waals surface area contributed by atoms with E-state index in [1.54, 1.807) is 0 Å². The highest BCUT2D eigenvalue weighted by Gasteiger charge is 2.12. The van der Waals surface area contributed by atoms with Crippen LogP contribution in [0.25, 0.3) is 0 Å². The van der Waals surface area contributed by atoms with Gasteiger partial charge in [0.05, 0.1) is 0 Å². The number of hydrogen-bond donors (Lipinski definition) is 1. The van der Waals surface area contributed by atoms with E-state index >= 15 is 0 Å². The zero-order chi connectivity index (χ0) is 16.8. The Bertz CT molecular complexity index is 697. The molecule has 0 spiro atoms. The van der Waals surface area contributed by atoms with Crippen LogP contribution in [0.5, 0.6) is 17.2 Å². The molecule has 0 fully saturated rings. The zero-order valence-electron chi connectivity index (χ0n) is 13.7. The van der Waals surface area contributed by atoms with E-state index in [1.165, 1.54) is 5.56 Å². The molecule has 126 valence electrons. The van der Waals surface area contributed by atoms with E-state index in [-0.39, 0.29) is 19.3 Å². The van der Waals surface area contributed by atoms with Gasteiger partial charge in [-0.05, 0) is 49.6 Å². The molecule has 2 aromatic rings. The van der Waals surface area contributed by atoms with Crippen molar-refractivity contribution in [3.8, 4) is 17.2 Å². The Morgan fingerprint density at radius 2 is 1.92 bits per heavy atom. The van der Waals surface area contributed by atoms with Gasteiger partial charge in [-0.1, -0.05) is 23.8 Å². The number of carbonyl (C=O) groups is 1. The lowest BCUT2D eigenvalue weighted by Crippen LogP contribution is -2.29. The molecule has 0 radical (unpaired) electrons. The van der Waals surface area contributed by atoms with Gasteiger partial charge in [0, 0.05) is 6.54 Å². The van der Waals surface area contributed by atoms with Crippen LogP contribution in [0.4, 0.5) is 0 Å². The molecule has 24 heavy (non-hydrogen) atoms. The Kier molecular flexibility index (Phi) is 5.21. The van der Waals surface area contributed by atoms with Crippen LogP contribution in [0.1, 0.15) is 17.5 Å². The fourth-order valence-corrected chi connectivity index (χ4v) is 2.45. The molecule has 2 aromatic carbocycles. The Morgan fingerprint density at radius 1 is 1.12 bits per heavy atom. The Morgan fingerprint density at radius 3 is 2.75 bits per heavy atom. The third-order valence-corrected chi connectivity index (χ3v) is 3.79. The predicted molar refractivity (Wildman–Crippen MR) is 90.6 cm³/mol. The summed E-state index contributed by atoms with van der Waals surface area (Å²) in [6, 6.07) is 13.6. The fourth-order valence-electron chi connectivity index (χ4n) is 2.45. The van der Waals surface area contributed by atoms with E-state index in [2.05, 4.69) is 5.32 Å². The molecule has 3 rings (SSSR count). The minimum atomic E-state index is -0.110. The van der Waals surface area contributed by atoms with Crippen molar-refractivity contribution >= 4 is 5.91 Å². The highest BCUT2D eigenvalue weighted by molar-refractivity contribution is 5.77. The topological polar surface area (TPSA) is 56.8 Å². The third kappa shape index (κ3) is 4.41.